The summed E-state index contributed by atoms with van der Waals surface area (Å²) in [6, 6.07) is 12.3. The van der Waals surface area contributed by atoms with Gasteiger partial charge >= 0.3 is 0 Å². The van der Waals surface area contributed by atoms with Gasteiger partial charge in [0.25, 0.3) is 0 Å². The molecule has 2 aromatic rings. The van der Waals surface area contributed by atoms with E-state index in [9.17, 15) is 0 Å². The number of rotatable bonds is 9. The van der Waals surface area contributed by atoms with E-state index in [2.05, 4.69) is 35.0 Å². The molecule has 2 aromatic carbocycles. The largest absolute Gasteiger partial charge is 0.493 e. The highest BCUT2D eigenvalue weighted by Crippen LogP contribution is 2.33. The standard InChI is InChI=1S/C20H27BrO2/c1-4-16(21)9-7-8-14-22-19-12-13-20(23-15(2)3)18-11-6-5-10-17(18)19/h5-6,10-13,15-16H,4,7-9,14H2,1-3H3. The maximum Gasteiger partial charge on any atom is 0.127 e. The topological polar surface area (TPSA) is 18.5 Å². The minimum atomic E-state index is 0.168. The molecular weight excluding hydrogens is 352 g/mol. The van der Waals surface area contributed by atoms with Crippen LogP contribution < -0.4 is 9.47 Å². The molecule has 1 atom stereocenters. The summed E-state index contributed by atoms with van der Waals surface area (Å²) in [5, 5.41) is 2.24. The molecule has 0 saturated carbocycles. The van der Waals surface area contributed by atoms with Gasteiger partial charge in [0.15, 0.2) is 0 Å². The number of halogens is 1. The fourth-order valence-electron chi connectivity index (χ4n) is 2.58. The van der Waals surface area contributed by atoms with Gasteiger partial charge in [-0.25, -0.2) is 0 Å². The monoisotopic (exact) mass is 378 g/mol. The zero-order chi connectivity index (χ0) is 16.7. The molecular formula is C20H27BrO2. The maximum absolute atomic E-state index is 6.02. The Labute approximate surface area is 148 Å². The summed E-state index contributed by atoms with van der Waals surface area (Å²) in [5.74, 6) is 1.87. The quantitative estimate of drug-likeness (QED) is 0.373. The van der Waals surface area contributed by atoms with Crippen LogP contribution in [-0.4, -0.2) is 17.5 Å². The van der Waals surface area contributed by atoms with Crippen molar-refractivity contribution in [3.63, 3.8) is 0 Å². The fraction of sp³-hybridized carbons (Fsp3) is 0.500. The molecule has 0 radical (unpaired) electrons. The van der Waals surface area contributed by atoms with E-state index in [0.717, 1.165) is 35.3 Å². The van der Waals surface area contributed by atoms with Crippen molar-refractivity contribution in [2.45, 2.75) is 57.4 Å². The van der Waals surface area contributed by atoms with Gasteiger partial charge in [0, 0.05) is 15.6 Å². The number of alkyl halides is 1. The average molecular weight is 379 g/mol. The first-order valence-corrected chi connectivity index (χ1v) is 9.48. The van der Waals surface area contributed by atoms with Crippen LogP contribution in [0.25, 0.3) is 10.8 Å². The lowest BCUT2D eigenvalue weighted by Gasteiger charge is -2.15. The second-order valence-corrected chi connectivity index (χ2v) is 7.42. The molecule has 0 aliphatic carbocycles. The molecule has 0 N–H and O–H groups in total. The summed E-state index contributed by atoms with van der Waals surface area (Å²) in [6.45, 7) is 7.07. The third-order valence-corrected chi connectivity index (χ3v) is 4.92. The van der Waals surface area contributed by atoms with Crippen LogP contribution in [0, 0.1) is 0 Å². The molecule has 0 spiro atoms. The lowest BCUT2D eigenvalue weighted by molar-refractivity contribution is 0.245. The van der Waals surface area contributed by atoms with Crippen molar-refractivity contribution < 1.29 is 9.47 Å². The first kappa shape index (κ1) is 18.1. The number of hydrogen-bond donors (Lipinski definition) is 0. The number of fused-ring (bicyclic) bond motifs is 1. The molecule has 0 aromatic heterocycles. The van der Waals surface area contributed by atoms with Crippen molar-refractivity contribution in [2.24, 2.45) is 0 Å². The van der Waals surface area contributed by atoms with Gasteiger partial charge in [-0.15, -0.1) is 0 Å². The van der Waals surface area contributed by atoms with Crippen molar-refractivity contribution in [2.75, 3.05) is 6.61 Å². The zero-order valence-electron chi connectivity index (χ0n) is 14.3. The van der Waals surface area contributed by atoms with Gasteiger partial charge < -0.3 is 9.47 Å². The van der Waals surface area contributed by atoms with E-state index in [1.165, 1.54) is 19.3 Å². The summed E-state index contributed by atoms with van der Waals surface area (Å²) in [6.07, 6.45) is 4.84. The molecule has 2 nitrogen and oxygen atoms in total. The van der Waals surface area contributed by atoms with Crippen LogP contribution in [0.2, 0.25) is 0 Å². The molecule has 126 valence electrons. The van der Waals surface area contributed by atoms with E-state index in [4.69, 9.17) is 9.47 Å². The Balaban J connectivity index is 2.01. The lowest BCUT2D eigenvalue weighted by atomic mass is 10.1. The van der Waals surface area contributed by atoms with Gasteiger partial charge in [0.2, 0.25) is 0 Å². The minimum absolute atomic E-state index is 0.168. The normalized spacial score (nSPS) is 12.6. The van der Waals surface area contributed by atoms with Gasteiger partial charge in [-0.1, -0.05) is 47.1 Å². The number of ether oxygens (including phenoxy) is 2. The summed E-state index contributed by atoms with van der Waals surface area (Å²) >= 11 is 3.68. The van der Waals surface area contributed by atoms with Gasteiger partial charge in [-0.05, 0) is 51.7 Å². The van der Waals surface area contributed by atoms with Gasteiger partial charge in [0.1, 0.15) is 11.5 Å². The second kappa shape index (κ2) is 9.17. The Morgan fingerprint density at radius 1 is 0.957 bits per heavy atom. The first-order chi connectivity index (χ1) is 11.1. The third kappa shape index (κ3) is 5.42. The molecule has 0 saturated heterocycles. The Morgan fingerprint density at radius 3 is 2.26 bits per heavy atom. The Kier molecular flexibility index (Phi) is 7.22. The molecule has 0 aliphatic rings. The van der Waals surface area contributed by atoms with Crippen molar-refractivity contribution in [3.8, 4) is 11.5 Å². The van der Waals surface area contributed by atoms with E-state index < -0.39 is 0 Å². The Bertz CT molecular complexity index is 610. The molecule has 0 bridgehead atoms. The Morgan fingerprint density at radius 2 is 1.61 bits per heavy atom. The number of benzene rings is 2. The molecule has 1 unspecified atom stereocenters. The number of unbranched alkanes of at least 4 members (excludes halogenated alkanes) is 1. The molecule has 23 heavy (non-hydrogen) atoms. The maximum atomic E-state index is 6.02. The van der Waals surface area contributed by atoms with E-state index in [0.29, 0.717) is 4.83 Å². The van der Waals surface area contributed by atoms with Gasteiger partial charge in [-0.2, -0.15) is 0 Å². The van der Waals surface area contributed by atoms with E-state index >= 15 is 0 Å². The van der Waals surface area contributed by atoms with Gasteiger partial charge in [-0.3, -0.25) is 0 Å². The average Bonchev–Trinajstić information content (AvgIpc) is 2.55. The lowest BCUT2D eigenvalue weighted by Crippen LogP contribution is -2.06. The predicted octanol–water partition coefficient (Wildman–Crippen LogP) is 6.35. The van der Waals surface area contributed by atoms with Crippen LogP contribution in [0.15, 0.2) is 36.4 Å². The van der Waals surface area contributed by atoms with Crippen LogP contribution in [0.3, 0.4) is 0 Å². The van der Waals surface area contributed by atoms with E-state index in [1.54, 1.807) is 0 Å². The molecule has 0 heterocycles. The fourth-order valence-corrected chi connectivity index (χ4v) is 2.90. The molecule has 0 aliphatic heterocycles. The minimum Gasteiger partial charge on any atom is -0.493 e. The Hall–Kier alpha value is -1.22. The molecule has 0 amide bonds. The summed E-state index contributed by atoms with van der Waals surface area (Å²) in [4.78, 5) is 0.635. The predicted molar refractivity (Wildman–Crippen MR) is 102 cm³/mol. The molecule has 0 fully saturated rings. The van der Waals surface area contributed by atoms with Crippen LogP contribution in [-0.2, 0) is 0 Å². The molecule has 3 heteroatoms. The zero-order valence-corrected chi connectivity index (χ0v) is 15.9. The van der Waals surface area contributed by atoms with Crippen molar-refractivity contribution in [1.82, 2.24) is 0 Å². The second-order valence-electron chi connectivity index (χ2n) is 6.12. The van der Waals surface area contributed by atoms with Crippen LogP contribution in [0.5, 0.6) is 11.5 Å². The van der Waals surface area contributed by atoms with Gasteiger partial charge in [0.05, 0.1) is 12.7 Å². The summed E-state index contributed by atoms with van der Waals surface area (Å²) in [5.41, 5.74) is 0. The van der Waals surface area contributed by atoms with Crippen molar-refractivity contribution in [3.05, 3.63) is 36.4 Å². The van der Waals surface area contributed by atoms with Crippen LogP contribution >= 0.6 is 15.9 Å². The summed E-state index contributed by atoms with van der Waals surface area (Å²) < 4.78 is 11.9. The highest BCUT2D eigenvalue weighted by Gasteiger charge is 2.09. The molecule has 2 rings (SSSR count). The smallest absolute Gasteiger partial charge is 0.127 e. The van der Waals surface area contributed by atoms with Crippen LogP contribution in [0.1, 0.15) is 46.5 Å². The van der Waals surface area contributed by atoms with E-state index in [-0.39, 0.29) is 6.10 Å². The summed E-state index contributed by atoms with van der Waals surface area (Å²) in [7, 11) is 0. The van der Waals surface area contributed by atoms with Crippen molar-refractivity contribution in [1.29, 1.82) is 0 Å². The van der Waals surface area contributed by atoms with Crippen LogP contribution in [0.4, 0.5) is 0 Å². The van der Waals surface area contributed by atoms with Crippen molar-refractivity contribution >= 4 is 26.7 Å². The highest BCUT2D eigenvalue weighted by atomic mass is 79.9. The SMILES string of the molecule is CCC(Br)CCCCOc1ccc(OC(C)C)c2ccccc12. The van der Waals surface area contributed by atoms with E-state index in [1.807, 2.05) is 38.1 Å². The first-order valence-electron chi connectivity index (χ1n) is 8.57. The number of hydrogen-bond acceptors (Lipinski definition) is 2. The third-order valence-electron chi connectivity index (χ3n) is 3.82. The highest BCUT2D eigenvalue weighted by molar-refractivity contribution is 9.09.